The van der Waals surface area contributed by atoms with Crippen LogP contribution >= 0.6 is 0 Å². The summed E-state index contributed by atoms with van der Waals surface area (Å²) in [6, 6.07) is -1.72. The third-order valence-electron chi connectivity index (χ3n) is 2.83. The summed E-state index contributed by atoms with van der Waals surface area (Å²) in [5.74, 6) is 0.711. The van der Waals surface area contributed by atoms with Gasteiger partial charge in [-0.25, -0.2) is 4.79 Å². The van der Waals surface area contributed by atoms with Crippen LogP contribution in [-0.2, 0) is 14.4 Å². The Morgan fingerprint density at radius 2 is 1.81 bits per heavy atom. The smallest absolute Gasteiger partial charge is 0.326 e. The van der Waals surface area contributed by atoms with Gasteiger partial charge in [0.1, 0.15) is 12.1 Å². The van der Waals surface area contributed by atoms with E-state index >= 15 is 0 Å². The summed E-state index contributed by atoms with van der Waals surface area (Å²) < 4.78 is 0. The predicted molar refractivity (Wildman–Crippen MR) is 79.3 cm³/mol. The molecule has 6 heteroatoms. The molecule has 2 atom stereocenters. The van der Waals surface area contributed by atoms with Crippen molar-refractivity contribution in [2.75, 3.05) is 0 Å². The molecule has 0 radical (unpaired) electrons. The summed E-state index contributed by atoms with van der Waals surface area (Å²) in [7, 11) is 0. The molecule has 0 rings (SSSR count). The van der Waals surface area contributed by atoms with Gasteiger partial charge in [0.2, 0.25) is 11.8 Å². The summed E-state index contributed by atoms with van der Waals surface area (Å²) in [6.07, 6.45) is 6.80. The Labute approximate surface area is 125 Å². The number of aliphatic carboxylic acids is 1. The molecule has 0 heterocycles. The monoisotopic (exact) mass is 296 g/mol. The number of amides is 2. The van der Waals surface area contributed by atoms with Crippen LogP contribution in [0.5, 0.6) is 0 Å². The molecule has 6 nitrogen and oxygen atoms in total. The summed E-state index contributed by atoms with van der Waals surface area (Å²) >= 11 is 0. The van der Waals surface area contributed by atoms with Gasteiger partial charge < -0.3 is 15.7 Å². The number of hydrogen-bond acceptors (Lipinski definition) is 3. The van der Waals surface area contributed by atoms with E-state index < -0.39 is 24.0 Å². The molecule has 0 saturated heterocycles. The van der Waals surface area contributed by atoms with Crippen LogP contribution in [0.15, 0.2) is 0 Å². The average Bonchev–Trinajstić information content (AvgIpc) is 2.35. The van der Waals surface area contributed by atoms with E-state index in [1.807, 2.05) is 13.8 Å². The summed E-state index contributed by atoms with van der Waals surface area (Å²) in [6.45, 7) is 5.16. The highest BCUT2D eigenvalue weighted by Gasteiger charge is 2.26. The topological polar surface area (TPSA) is 95.5 Å². The molecule has 2 amide bonds. The maximum Gasteiger partial charge on any atom is 0.326 e. The second-order valence-corrected chi connectivity index (χ2v) is 5.38. The lowest BCUT2D eigenvalue weighted by atomic mass is 10.0. The molecule has 0 aliphatic heterocycles. The molecule has 0 aromatic rings. The number of terminal acetylenes is 1. The fraction of sp³-hybridized carbons (Fsp3) is 0.667. The molecular formula is C15H24N2O4. The minimum Gasteiger partial charge on any atom is -0.480 e. The molecule has 21 heavy (non-hydrogen) atoms. The van der Waals surface area contributed by atoms with Crippen molar-refractivity contribution in [1.29, 1.82) is 0 Å². The lowest BCUT2D eigenvalue weighted by molar-refractivity contribution is -0.142. The lowest BCUT2D eigenvalue weighted by Gasteiger charge is -2.22. The van der Waals surface area contributed by atoms with Crippen molar-refractivity contribution < 1.29 is 19.5 Å². The average molecular weight is 296 g/mol. The van der Waals surface area contributed by atoms with Gasteiger partial charge in [0, 0.05) is 13.3 Å². The zero-order valence-electron chi connectivity index (χ0n) is 12.8. The van der Waals surface area contributed by atoms with Crippen molar-refractivity contribution >= 4 is 17.8 Å². The molecule has 0 aliphatic rings. The first-order chi connectivity index (χ1) is 9.77. The zero-order valence-corrected chi connectivity index (χ0v) is 12.8. The van der Waals surface area contributed by atoms with Crippen molar-refractivity contribution in [2.45, 2.75) is 58.5 Å². The third-order valence-corrected chi connectivity index (χ3v) is 2.83. The van der Waals surface area contributed by atoms with Gasteiger partial charge in [-0.05, 0) is 25.2 Å². The second-order valence-electron chi connectivity index (χ2n) is 5.38. The molecule has 3 N–H and O–H groups in total. The standard InChI is InChI=1S/C15H24N2O4/c1-5-6-7-8-12(15(20)21)17-14(19)13(9-10(2)3)16-11(4)18/h1,10,12-13H,6-9H2,2-4H3,(H,16,18)(H,17,19)(H,20,21)/t12-,13+/m1/s1. The van der Waals surface area contributed by atoms with Crippen LogP contribution in [0.25, 0.3) is 0 Å². The van der Waals surface area contributed by atoms with Crippen molar-refractivity contribution in [1.82, 2.24) is 10.6 Å². The van der Waals surface area contributed by atoms with Gasteiger partial charge >= 0.3 is 5.97 Å². The van der Waals surface area contributed by atoms with E-state index in [0.29, 0.717) is 19.3 Å². The van der Waals surface area contributed by atoms with Crippen LogP contribution in [0.1, 0.15) is 46.5 Å². The first-order valence-corrected chi connectivity index (χ1v) is 7.01. The normalized spacial score (nSPS) is 13.1. The molecule has 0 bridgehead atoms. The van der Waals surface area contributed by atoms with E-state index in [1.165, 1.54) is 6.92 Å². The Morgan fingerprint density at radius 3 is 2.24 bits per heavy atom. The Hall–Kier alpha value is -2.03. The van der Waals surface area contributed by atoms with Crippen molar-refractivity contribution in [3.05, 3.63) is 0 Å². The molecule has 0 unspecified atom stereocenters. The van der Waals surface area contributed by atoms with Crippen molar-refractivity contribution in [2.24, 2.45) is 5.92 Å². The largest absolute Gasteiger partial charge is 0.480 e. The number of rotatable bonds is 9. The van der Waals surface area contributed by atoms with E-state index in [9.17, 15) is 14.4 Å². The fourth-order valence-electron chi connectivity index (χ4n) is 1.89. The molecule has 0 aromatic heterocycles. The minimum atomic E-state index is -1.11. The number of carboxylic acids is 1. The predicted octanol–water partition coefficient (Wildman–Crippen LogP) is 0.910. The van der Waals surface area contributed by atoms with E-state index in [4.69, 9.17) is 11.5 Å². The molecule has 0 aliphatic carbocycles. The first kappa shape index (κ1) is 19.0. The van der Waals surface area contributed by atoms with E-state index in [2.05, 4.69) is 16.6 Å². The maximum absolute atomic E-state index is 12.1. The highest BCUT2D eigenvalue weighted by Crippen LogP contribution is 2.07. The highest BCUT2D eigenvalue weighted by molar-refractivity contribution is 5.89. The van der Waals surface area contributed by atoms with Crippen molar-refractivity contribution in [3.8, 4) is 12.3 Å². The Morgan fingerprint density at radius 1 is 1.19 bits per heavy atom. The van der Waals surface area contributed by atoms with Gasteiger partial charge in [0.05, 0.1) is 0 Å². The van der Waals surface area contributed by atoms with Crippen LogP contribution in [0.4, 0.5) is 0 Å². The number of unbranched alkanes of at least 4 members (excludes halogenated alkanes) is 1. The highest BCUT2D eigenvalue weighted by atomic mass is 16.4. The van der Waals surface area contributed by atoms with E-state index in [-0.39, 0.29) is 18.2 Å². The molecule has 0 saturated carbocycles. The van der Waals surface area contributed by atoms with Gasteiger partial charge in [-0.15, -0.1) is 12.3 Å². The van der Waals surface area contributed by atoms with Crippen LogP contribution < -0.4 is 10.6 Å². The van der Waals surface area contributed by atoms with Crippen LogP contribution in [-0.4, -0.2) is 35.0 Å². The summed E-state index contributed by atoms with van der Waals surface area (Å²) in [5, 5.41) is 14.1. The number of nitrogens with one attached hydrogen (secondary N) is 2. The molecule has 0 fully saturated rings. The molecule has 0 spiro atoms. The number of carbonyl (C=O) groups is 3. The molecule has 0 aromatic carbocycles. The van der Waals surface area contributed by atoms with E-state index in [1.54, 1.807) is 0 Å². The van der Waals surface area contributed by atoms with Gasteiger partial charge in [-0.2, -0.15) is 0 Å². The fourth-order valence-corrected chi connectivity index (χ4v) is 1.89. The van der Waals surface area contributed by atoms with Gasteiger partial charge in [0.15, 0.2) is 0 Å². The maximum atomic E-state index is 12.1. The second kappa shape index (κ2) is 9.81. The molecule has 118 valence electrons. The Balaban J connectivity index is 4.69. The number of carbonyl (C=O) groups excluding carboxylic acids is 2. The van der Waals surface area contributed by atoms with Crippen molar-refractivity contribution in [3.63, 3.8) is 0 Å². The number of carboxylic acid groups (broad SMARTS) is 1. The van der Waals surface area contributed by atoms with Gasteiger partial charge in [-0.3, -0.25) is 9.59 Å². The van der Waals surface area contributed by atoms with Crippen LogP contribution in [0.2, 0.25) is 0 Å². The lowest BCUT2D eigenvalue weighted by Crippen LogP contribution is -2.51. The molecular weight excluding hydrogens is 272 g/mol. The summed E-state index contributed by atoms with van der Waals surface area (Å²) in [5.41, 5.74) is 0. The van der Waals surface area contributed by atoms with Crippen LogP contribution in [0.3, 0.4) is 0 Å². The van der Waals surface area contributed by atoms with Crippen LogP contribution in [0, 0.1) is 18.3 Å². The SMILES string of the molecule is C#CCCC[C@@H](NC(=O)[C@H](CC(C)C)NC(C)=O)C(=O)O. The number of hydrogen-bond donors (Lipinski definition) is 3. The third kappa shape index (κ3) is 8.69. The summed E-state index contributed by atoms with van der Waals surface area (Å²) in [4.78, 5) is 34.4. The van der Waals surface area contributed by atoms with Gasteiger partial charge in [-0.1, -0.05) is 13.8 Å². The zero-order chi connectivity index (χ0) is 16.4. The minimum absolute atomic E-state index is 0.192. The Kier molecular flexibility index (Phi) is 8.86. The van der Waals surface area contributed by atoms with Gasteiger partial charge in [0.25, 0.3) is 0 Å². The van der Waals surface area contributed by atoms with E-state index in [0.717, 1.165) is 0 Å². The first-order valence-electron chi connectivity index (χ1n) is 7.01. The Bertz CT molecular complexity index is 412. The quantitative estimate of drug-likeness (QED) is 0.435.